The molecule has 1 rings (SSSR count). The number of likely N-dealkylation sites (tertiary alicyclic amines) is 1. The third kappa shape index (κ3) is 3.02. The van der Waals surface area contributed by atoms with Crippen molar-refractivity contribution in [1.82, 2.24) is 10.2 Å². The fourth-order valence-electron chi connectivity index (χ4n) is 2.30. The van der Waals surface area contributed by atoms with Gasteiger partial charge in [-0.15, -0.1) is 0 Å². The van der Waals surface area contributed by atoms with Crippen molar-refractivity contribution in [2.24, 2.45) is 0 Å². The average Bonchev–Trinajstić information content (AvgIpc) is 2.63. The maximum atomic E-state index is 11.6. The van der Waals surface area contributed by atoms with E-state index in [1.54, 1.807) is 14.0 Å². The second-order valence-electron chi connectivity index (χ2n) is 4.27. The first-order chi connectivity index (χ1) is 7.06. The van der Waals surface area contributed by atoms with Crippen molar-refractivity contribution in [2.75, 3.05) is 13.6 Å². The Hall–Kier alpha value is -0.900. The molecule has 0 saturated carbocycles. The van der Waals surface area contributed by atoms with Gasteiger partial charge in [0.2, 0.25) is 5.91 Å². The Morgan fingerprint density at radius 3 is 2.73 bits per heavy atom. The number of likely N-dealkylation sites (N-methyl/N-ethyl adjacent to an activating group) is 1. The summed E-state index contributed by atoms with van der Waals surface area (Å²) in [6, 6.07) is 0.136. The summed E-state index contributed by atoms with van der Waals surface area (Å²) in [4.78, 5) is 24.7. The molecule has 1 saturated heterocycles. The Morgan fingerprint density at radius 2 is 2.20 bits per heavy atom. The average molecular weight is 212 g/mol. The van der Waals surface area contributed by atoms with Gasteiger partial charge in [0.15, 0.2) is 0 Å². The van der Waals surface area contributed by atoms with E-state index in [2.05, 4.69) is 10.2 Å². The SMILES string of the molecule is CNC(=O)C1CCCN1C(C)CC(C)=O. The van der Waals surface area contributed by atoms with Gasteiger partial charge in [-0.05, 0) is 33.2 Å². The van der Waals surface area contributed by atoms with Crippen LogP contribution in [-0.4, -0.2) is 42.3 Å². The van der Waals surface area contributed by atoms with Gasteiger partial charge in [0.1, 0.15) is 5.78 Å². The molecular weight excluding hydrogens is 192 g/mol. The number of hydrogen-bond donors (Lipinski definition) is 1. The van der Waals surface area contributed by atoms with Crippen LogP contribution in [0.2, 0.25) is 0 Å². The Kier molecular flexibility index (Phi) is 4.27. The predicted molar refractivity (Wildman–Crippen MR) is 58.6 cm³/mol. The lowest BCUT2D eigenvalue weighted by molar-refractivity contribution is -0.126. The highest BCUT2D eigenvalue weighted by molar-refractivity contribution is 5.82. The lowest BCUT2D eigenvalue weighted by Gasteiger charge is -2.28. The second-order valence-corrected chi connectivity index (χ2v) is 4.27. The van der Waals surface area contributed by atoms with Gasteiger partial charge in [0.05, 0.1) is 6.04 Å². The van der Waals surface area contributed by atoms with E-state index in [1.807, 2.05) is 6.92 Å². The lowest BCUT2D eigenvalue weighted by atomic mass is 10.1. The minimum absolute atomic E-state index is 0.0376. The van der Waals surface area contributed by atoms with Gasteiger partial charge in [-0.1, -0.05) is 0 Å². The molecule has 0 aromatic carbocycles. The lowest BCUT2D eigenvalue weighted by Crippen LogP contribution is -2.46. The Morgan fingerprint density at radius 1 is 1.53 bits per heavy atom. The minimum atomic E-state index is -0.0376. The Balaban J connectivity index is 2.59. The summed E-state index contributed by atoms with van der Waals surface area (Å²) in [7, 11) is 1.66. The topological polar surface area (TPSA) is 49.4 Å². The zero-order valence-corrected chi connectivity index (χ0v) is 9.75. The highest BCUT2D eigenvalue weighted by Crippen LogP contribution is 2.21. The number of carbonyl (C=O) groups excluding carboxylic acids is 2. The normalized spacial score (nSPS) is 23.8. The van der Waals surface area contributed by atoms with E-state index < -0.39 is 0 Å². The summed E-state index contributed by atoms with van der Waals surface area (Å²) >= 11 is 0. The number of hydrogen-bond acceptors (Lipinski definition) is 3. The highest BCUT2D eigenvalue weighted by Gasteiger charge is 2.33. The van der Waals surface area contributed by atoms with Crippen LogP contribution in [0.5, 0.6) is 0 Å². The first kappa shape index (κ1) is 12.2. The van der Waals surface area contributed by atoms with Crippen molar-refractivity contribution in [1.29, 1.82) is 0 Å². The molecule has 0 aromatic heterocycles. The molecular formula is C11H20N2O2. The molecule has 1 fully saturated rings. The van der Waals surface area contributed by atoms with E-state index in [-0.39, 0.29) is 23.8 Å². The van der Waals surface area contributed by atoms with Crippen molar-refractivity contribution < 1.29 is 9.59 Å². The van der Waals surface area contributed by atoms with Crippen LogP contribution < -0.4 is 5.32 Å². The molecule has 1 aliphatic rings. The predicted octanol–water partition coefficient (Wildman–Crippen LogP) is 0.564. The maximum absolute atomic E-state index is 11.6. The van der Waals surface area contributed by atoms with Gasteiger partial charge in [0.25, 0.3) is 0 Å². The third-order valence-corrected chi connectivity index (χ3v) is 2.99. The van der Waals surface area contributed by atoms with Gasteiger partial charge in [-0.2, -0.15) is 0 Å². The minimum Gasteiger partial charge on any atom is -0.358 e. The van der Waals surface area contributed by atoms with Crippen LogP contribution in [0.3, 0.4) is 0 Å². The van der Waals surface area contributed by atoms with Gasteiger partial charge in [-0.3, -0.25) is 14.5 Å². The number of ketones is 1. The molecule has 86 valence electrons. The number of amides is 1. The standard InChI is InChI=1S/C11H20N2O2/c1-8(7-9(2)14)13-6-4-5-10(13)11(15)12-3/h8,10H,4-7H2,1-3H3,(H,12,15). The summed E-state index contributed by atoms with van der Waals surface area (Å²) in [6.45, 7) is 4.54. The fourth-order valence-corrected chi connectivity index (χ4v) is 2.30. The smallest absolute Gasteiger partial charge is 0.237 e. The first-order valence-corrected chi connectivity index (χ1v) is 5.53. The number of carbonyl (C=O) groups is 2. The van der Waals surface area contributed by atoms with Crippen LogP contribution in [0.4, 0.5) is 0 Å². The van der Waals surface area contributed by atoms with Crippen LogP contribution in [0.1, 0.15) is 33.1 Å². The summed E-state index contributed by atoms with van der Waals surface area (Å²) in [6.07, 6.45) is 2.48. The van der Waals surface area contributed by atoms with Gasteiger partial charge < -0.3 is 5.32 Å². The van der Waals surface area contributed by atoms with Crippen molar-refractivity contribution in [3.8, 4) is 0 Å². The largest absolute Gasteiger partial charge is 0.358 e. The first-order valence-electron chi connectivity index (χ1n) is 5.53. The molecule has 2 atom stereocenters. The molecule has 0 aliphatic carbocycles. The number of Topliss-reactive ketones (excluding diaryl/α,β-unsaturated/α-hetero) is 1. The monoisotopic (exact) mass is 212 g/mol. The fraction of sp³-hybridized carbons (Fsp3) is 0.818. The molecule has 2 unspecified atom stereocenters. The van der Waals surface area contributed by atoms with Crippen LogP contribution >= 0.6 is 0 Å². The van der Waals surface area contributed by atoms with Crippen LogP contribution in [0.15, 0.2) is 0 Å². The Bertz CT molecular complexity index is 253. The van der Waals surface area contributed by atoms with E-state index in [0.717, 1.165) is 19.4 Å². The number of rotatable bonds is 4. The molecule has 4 heteroatoms. The molecule has 1 heterocycles. The molecule has 0 radical (unpaired) electrons. The number of nitrogens with one attached hydrogen (secondary N) is 1. The van der Waals surface area contributed by atoms with Gasteiger partial charge in [-0.25, -0.2) is 0 Å². The highest BCUT2D eigenvalue weighted by atomic mass is 16.2. The van der Waals surface area contributed by atoms with E-state index in [0.29, 0.717) is 6.42 Å². The van der Waals surface area contributed by atoms with Crippen LogP contribution in [0, 0.1) is 0 Å². The summed E-state index contributed by atoms with van der Waals surface area (Å²) in [5.41, 5.74) is 0. The van der Waals surface area contributed by atoms with Gasteiger partial charge >= 0.3 is 0 Å². The molecule has 0 spiro atoms. The molecule has 0 aromatic rings. The molecule has 0 bridgehead atoms. The molecule has 1 aliphatic heterocycles. The third-order valence-electron chi connectivity index (χ3n) is 2.99. The van der Waals surface area contributed by atoms with Crippen molar-refractivity contribution in [3.63, 3.8) is 0 Å². The van der Waals surface area contributed by atoms with Crippen LogP contribution in [-0.2, 0) is 9.59 Å². The van der Waals surface area contributed by atoms with E-state index >= 15 is 0 Å². The van der Waals surface area contributed by atoms with Crippen molar-refractivity contribution >= 4 is 11.7 Å². The zero-order chi connectivity index (χ0) is 11.4. The van der Waals surface area contributed by atoms with E-state index in [4.69, 9.17) is 0 Å². The maximum Gasteiger partial charge on any atom is 0.237 e. The van der Waals surface area contributed by atoms with E-state index in [9.17, 15) is 9.59 Å². The molecule has 4 nitrogen and oxygen atoms in total. The van der Waals surface area contributed by atoms with E-state index in [1.165, 1.54) is 0 Å². The van der Waals surface area contributed by atoms with Gasteiger partial charge in [0, 0.05) is 19.5 Å². The number of nitrogens with zero attached hydrogens (tertiary/aromatic N) is 1. The Labute approximate surface area is 91.0 Å². The summed E-state index contributed by atoms with van der Waals surface area (Å²) in [5.74, 6) is 0.257. The van der Waals surface area contributed by atoms with Crippen molar-refractivity contribution in [3.05, 3.63) is 0 Å². The van der Waals surface area contributed by atoms with Crippen LogP contribution in [0.25, 0.3) is 0 Å². The van der Waals surface area contributed by atoms with Crippen molar-refractivity contribution in [2.45, 2.75) is 45.2 Å². The summed E-state index contributed by atoms with van der Waals surface area (Å²) in [5, 5.41) is 2.68. The quantitative estimate of drug-likeness (QED) is 0.741. The zero-order valence-electron chi connectivity index (χ0n) is 9.75. The molecule has 1 N–H and O–H groups in total. The molecule has 15 heavy (non-hydrogen) atoms. The summed E-state index contributed by atoms with van der Waals surface area (Å²) < 4.78 is 0. The second kappa shape index (κ2) is 5.26. The molecule has 1 amide bonds.